The topological polar surface area (TPSA) is 77.8 Å². The van der Waals surface area contributed by atoms with Crippen LogP contribution in [0.4, 0.5) is 4.39 Å². The molecule has 2 atom stereocenters. The number of amides is 1. The molecule has 1 aliphatic heterocycles. The van der Waals surface area contributed by atoms with Gasteiger partial charge in [0.2, 0.25) is 0 Å². The summed E-state index contributed by atoms with van der Waals surface area (Å²) in [6.45, 7) is 3.31. The lowest BCUT2D eigenvalue weighted by molar-refractivity contribution is -0.140. The zero-order valence-electron chi connectivity index (χ0n) is 15.0. The molecule has 1 heterocycles. The number of hydrogen-bond acceptors (Lipinski definition) is 4. The second kappa shape index (κ2) is 7.32. The summed E-state index contributed by atoms with van der Waals surface area (Å²) in [5.41, 5.74) is 1.79. The molecule has 0 radical (unpaired) electrons. The summed E-state index contributed by atoms with van der Waals surface area (Å²) in [4.78, 5) is 26.4. The Morgan fingerprint density at radius 3 is 2.26 bits per heavy atom. The van der Waals surface area contributed by atoms with Gasteiger partial charge in [0.05, 0.1) is 17.7 Å². The molecule has 1 amide bonds. The van der Waals surface area contributed by atoms with Crippen molar-refractivity contribution in [2.45, 2.75) is 26.0 Å². The van der Waals surface area contributed by atoms with Crippen LogP contribution in [0.2, 0.25) is 0 Å². The number of nitrogens with zero attached hydrogens (tertiary/aromatic N) is 1. The van der Waals surface area contributed by atoms with E-state index in [1.165, 1.54) is 36.1 Å². The zero-order valence-corrected chi connectivity index (χ0v) is 15.0. The maximum atomic E-state index is 13.3. The molecule has 140 valence electrons. The van der Waals surface area contributed by atoms with Gasteiger partial charge in [0, 0.05) is 12.1 Å². The first kappa shape index (κ1) is 18.8. The molecule has 2 aromatic carbocycles. The Kier molecular flexibility index (Phi) is 5.10. The van der Waals surface area contributed by atoms with Crippen molar-refractivity contribution in [2.75, 3.05) is 6.54 Å². The summed E-state index contributed by atoms with van der Waals surface area (Å²) in [6, 6.07) is 11.4. The standard InChI is InChI=1S/C21H20FNO4/c1-12-3-5-15(6-4-12)19(25)17-18(14-7-9-16(22)10-8-14)23(11-13(2)24)21(27)20(17)26/h3-10,13,18,24-25H,11H2,1-2H3/b19-17-. The number of rotatable bonds is 4. The molecular weight excluding hydrogens is 349 g/mol. The number of aliphatic hydroxyl groups excluding tert-OH is 2. The van der Waals surface area contributed by atoms with Crippen LogP contribution in [-0.2, 0) is 9.59 Å². The second-order valence-electron chi connectivity index (χ2n) is 6.72. The first-order valence-electron chi connectivity index (χ1n) is 8.58. The van der Waals surface area contributed by atoms with Crippen LogP contribution >= 0.6 is 0 Å². The smallest absolute Gasteiger partial charge is 0.295 e. The number of carbonyl (C=O) groups is 2. The molecular formula is C21H20FNO4. The number of benzene rings is 2. The fourth-order valence-electron chi connectivity index (χ4n) is 3.21. The van der Waals surface area contributed by atoms with Crippen LogP contribution in [0.15, 0.2) is 54.1 Å². The number of Topliss-reactive ketones (excluding diaryl/α,β-unsaturated/α-hetero) is 1. The van der Waals surface area contributed by atoms with E-state index in [9.17, 15) is 24.2 Å². The second-order valence-corrected chi connectivity index (χ2v) is 6.72. The largest absolute Gasteiger partial charge is 0.507 e. The van der Waals surface area contributed by atoms with Gasteiger partial charge in [0.1, 0.15) is 11.6 Å². The third-order valence-electron chi connectivity index (χ3n) is 4.51. The molecule has 2 aromatic rings. The van der Waals surface area contributed by atoms with E-state index in [1.807, 2.05) is 6.92 Å². The molecule has 3 rings (SSSR count). The summed E-state index contributed by atoms with van der Waals surface area (Å²) >= 11 is 0. The molecule has 0 bridgehead atoms. The minimum Gasteiger partial charge on any atom is -0.507 e. The summed E-state index contributed by atoms with van der Waals surface area (Å²) in [7, 11) is 0. The normalized spacial score (nSPS) is 20.1. The average molecular weight is 369 g/mol. The van der Waals surface area contributed by atoms with Gasteiger partial charge in [-0.05, 0) is 31.5 Å². The van der Waals surface area contributed by atoms with Crippen molar-refractivity contribution in [1.29, 1.82) is 0 Å². The fraction of sp³-hybridized carbons (Fsp3) is 0.238. The maximum Gasteiger partial charge on any atom is 0.295 e. The first-order chi connectivity index (χ1) is 12.8. The van der Waals surface area contributed by atoms with Crippen LogP contribution in [0.5, 0.6) is 0 Å². The van der Waals surface area contributed by atoms with E-state index < -0.39 is 29.7 Å². The molecule has 5 nitrogen and oxygen atoms in total. The van der Waals surface area contributed by atoms with Crippen molar-refractivity contribution < 1.29 is 24.2 Å². The van der Waals surface area contributed by atoms with E-state index >= 15 is 0 Å². The van der Waals surface area contributed by atoms with E-state index in [0.29, 0.717) is 11.1 Å². The molecule has 0 saturated carbocycles. The SMILES string of the molecule is Cc1ccc(/C(O)=C2/C(=O)C(=O)N(CC(C)O)C2c2ccc(F)cc2)cc1. The number of β-amino-alcohol motifs (C(OH)–C–C–N with tert-alkyl or cyclic N) is 1. The van der Waals surface area contributed by atoms with Crippen LogP contribution < -0.4 is 0 Å². The zero-order chi connectivity index (χ0) is 19.7. The third kappa shape index (κ3) is 3.61. The van der Waals surface area contributed by atoms with Gasteiger partial charge >= 0.3 is 0 Å². The van der Waals surface area contributed by atoms with Gasteiger partial charge in [0.25, 0.3) is 11.7 Å². The summed E-state index contributed by atoms with van der Waals surface area (Å²) < 4.78 is 13.3. The van der Waals surface area contributed by atoms with Gasteiger partial charge in [-0.3, -0.25) is 9.59 Å². The lowest BCUT2D eigenvalue weighted by atomic mass is 9.95. The molecule has 1 aliphatic rings. The highest BCUT2D eigenvalue weighted by molar-refractivity contribution is 6.46. The van der Waals surface area contributed by atoms with Gasteiger partial charge < -0.3 is 15.1 Å². The van der Waals surface area contributed by atoms with E-state index in [2.05, 4.69) is 0 Å². The van der Waals surface area contributed by atoms with E-state index in [-0.39, 0.29) is 17.9 Å². The van der Waals surface area contributed by atoms with Crippen LogP contribution in [-0.4, -0.2) is 39.5 Å². The summed E-state index contributed by atoms with van der Waals surface area (Å²) in [5.74, 6) is -2.39. The van der Waals surface area contributed by atoms with Gasteiger partial charge in [-0.1, -0.05) is 42.0 Å². The Bertz CT molecular complexity index is 901. The number of halogens is 1. The van der Waals surface area contributed by atoms with Crippen molar-refractivity contribution in [2.24, 2.45) is 0 Å². The Morgan fingerprint density at radius 1 is 1.11 bits per heavy atom. The highest BCUT2D eigenvalue weighted by Crippen LogP contribution is 2.39. The summed E-state index contributed by atoms with van der Waals surface area (Å²) in [6.07, 6.45) is -0.870. The van der Waals surface area contributed by atoms with Crippen LogP contribution in [0.1, 0.15) is 29.7 Å². The quantitative estimate of drug-likeness (QED) is 0.493. The molecule has 1 fully saturated rings. The van der Waals surface area contributed by atoms with Crippen LogP contribution in [0.3, 0.4) is 0 Å². The van der Waals surface area contributed by atoms with Gasteiger partial charge in [-0.25, -0.2) is 4.39 Å². The molecule has 0 spiro atoms. The van der Waals surface area contributed by atoms with Crippen LogP contribution in [0, 0.1) is 12.7 Å². The van der Waals surface area contributed by atoms with Crippen molar-refractivity contribution in [1.82, 2.24) is 4.90 Å². The molecule has 2 N–H and O–H groups in total. The molecule has 0 aromatic heterocycles. The van der Waals surface area contributed by atoms with Crippen molar-refractivity contribution in [3.63, 3.8) is 0 Å². The van der Waals surface area contributed by atoms with Gasteiger partial charge in [-0.2, -0.15) is 0 Å². The molecule has 6 heteroatoms. The minimum absolute atomic E-state index is 0.0730. The Hall–Kier alpha value is -2.99. The number of likely N-dealkylation sites (tertiary alicyclic amines) is 1. The predicted molar refractivity (Wildman–Crippen MR) is 98.3 cm³/mol. The minimum atomic E-state index is -0.901. The number of aryl methyl sites for hydroxylation is 1. The Labute approximate surface area is 156 Å². The van der Waals surface area contributed by atoms with Crippen molar-refractivity contribution in [3.05, 3.63) is 76.6 Å². The number of carbonyl (C=O) groups excluding carboxylic acids is 2. The lowest BCUT2D eigenvalue weighted by Gasteiger charge is -2.26. The third-order valence-corrected chi connectivity index (χ3v) is 4.51. The average Bonchev–Trinajstić information content (AvgIpc) is 2.87. The van der Waals surface area contributed by atoms with E-state index in [0.717, 1.165) is 5.56 Å². The van der Waals surface area contributed by atoms with Crippen molar-refractivity contribution >= 4 is 17.4 Å². The number of aliphatic hydroxyl groups is 2. The van der Waals surface area contributed by atoms with E-state index in [1.54, 1.807) is 24.3 Å². The molecule has 27 heavy (non-hydrogen) atoms. The molecule has 2 unspecified atom stereocenters. The molecule has 1 saturated heterocycles. The lowest BCUT2D eigenvalue weighted by Crippen LogP contribution is -2.35. The monoisotopic (exact) mass is 369 g/mol. The predicted octanol–water partition coefficient (Wildman–Crippen LogP) is 2.94. The molecule has 0 aliphatic carbocycles. The highest BCUT2D eigenvalue weighted by Gasteiger charge is 2.46. The first-order valence-corrected chi connectivity index (χ1v) is 8.58. The van der Waals surface area contributed by atoms with Crippen LogP contribution in [0.25, 0.3) is 5.76 Å². The Morgan fingerprint density at radius 2 is 1.70 bits per heavy atom. The van der Waals surface area contributed by atoms with Crippen molar-refractivity contribution in [3.8, 4) is 0 Å². The number of hydrogen-bond donors (Lipinski definition) is 2. The maximum absolute atomic E-state index is 13.3. The fourth-order valence-corrected chi connectivity index (χ4v) is 3.21. The van der Waals surface area contributed by atoms with Gasteiger partial charge in [-0.15, -0.1) is 0 Å². The van der Waals surface area contributed by atoms with Gasteiger partial charge in [0.15, 0.2) is 0 Å². The Balaban J connectivity index is 2.17. The van der Waals surface area contributed by atoms with E-state index in [4.69, 9.17) is 0 Å². The number of ketones is 1. The summed E-state index contributed by atoms with van der Waals surface area (Å²) in [5, 5.41) is 20.5. The highest BCUT2D eigenvalue weighted by atomic mass is 19.1.